The summed E-state index contributed by atoms with van der Waals surface area (Å²) in [5, 5.41) is 15.3. The molecule has 2 N–H and O–H groups in total. The molecule has 0 aliphatic heterocycles. The van der Waals surface area contributed by atoms with Gasteiger partial charge in [-0.25, -0.2) is 0 Å². The van der Waals surface area contributed by atoms with Gasteiger partial charge in [0.1, 0.15) is 0 Å². The van der Waals surface area contributed by atoms with Gasteiger partial charge in [-0.3, -0.25) is 9.59 Å². The van der Waals surface area contributed by atoms with Crippen LogP contribution in [0.4, 0.5) is 5.69 Å². The number of nitrogens with one attached hydrogen (secondary N) is 2. The number of benzene rings is 2. The molecular formula is C25H30IN5O2S. The minimum atomic E-state index is -0.313. The maximum absolute atomic E-state index is 12.8. The van der Waals surface area contributed by atoms with Crippen molar-refractivity contribution >= 4 is 51.9 Å². The fourth-order valence-electron chi connectivity index (χ4n) is 3.59. The van der Waals surface area contributed by atoms with Gasteiger partial charge in [0.05, 0.1) is 11.8 Å². The third-order valence-electron chi connectivity index (χ3n) is 5.51. The van der Waals surface area contributed by atoms with Gasteiger partial charge in [0, 0.05) is 21.9 Å². The number of thioether (sulfide) groups is 1. The number of hydrogen-bond acceptors (Lipinski definition) is 5. The van der Waals surface area contributed by atoms with Crippen LogP contribution < -0.4 is 10.6 Å². The van der Waals surface area contributed by atoms with Gasteiger partial charge in [-0.1, -0.05) is 43.3 Å². The number of amides is 2. The lowest BCUT2D eigenvalue weighted by molar-refractivity contribution is -0.113. The van der Waals surface area contributed by atoms with Crippen LogP contribution in [-0.4, -0.2) is 32.3 Å². The molecule has 34 heavy (non-hydrogen) atoms. The minimum absolute atomic E-state index is 0.102. The van der Waals surface area contributed by atoms with E-state index in [1.54, 1.807) is 0 Å². The monoisotopic (exact) mass is 591 g/mol. The van der Waals surface area contributed by atoms with E-state index in [1.165, 1.54) is 11.8 Å². The van der Waals surface area contributed by atoms with Crippen molar-refractivity contribution in [2.75, 3.05) is 11.1 Å². The molecule has 0 aliphatic carbocycles. The van der Waals surface area contributed by atoms with Crippen molar-refractivity contribution in [3.05, 3.63) is 68.0 Å². The fourth-order valence-corrected chi connectivity index (χ4v) is 5.25. The summed E-state index contributed by atoms with van der Waals surface area (Å²) in [7, 11) is 1.86. The van der Waals surface area contributed by atoms with Gasteiger partial charge in [-0.2, -0.15) is 0 Å². The van der Waals surface area contributed by atoms with Crippen molar-refractivity contribution < 1.29 is 9.59 Å². The van der Waals surface area contributed by atoms with E-state index in [2.05, 4.69) is 43.4 Å². The highest BCUT2D eigenvalue weighted by atomic mass is 127. The summed E-state index contributed by atoms with van der Waals surface area (Å²) in [6, 6.07) is 11.2. The topological polar surface area (TPSA) is 88.9 Å². The van der Waals surface area contributed by atoms with Gasteiger partial charge < -0.3 is 15.2 Å². The summed E-state index contributed by atoms with van der Waals surface area (Å²) in [6.07, 6.45) is 0. The Hall–Kier alpha value is -2.40. The first-order chi connectivity index (χ1) is 16.1. The number of anilines is 1. The Kier molecular flexibility index (Phi) is 8.75. The Morgan fingerprint density at radius 3 is 2.26 bits per heavy atom. The second kappa shape index (κ2) is 11.4. The first-order valence-corrected chi connectivity index (χ1v) is 13.1. The smallest absolute Gasteiger partial charge is 0.251 e. The van der Waals surface area contributed by atoms with Crippen LogP contribution in [0.2, 0.25) is 0 Å². The van der Waals surface area contributed by atoms with E-state index in [0.29, 0.717) is 16.5 Å². The summed E-state index contributed by atoms with van der Waals surface area (Å²) in [5.74, 6) is 0.709. The van der Waals surface area contributed by atoms with E-state index in [0.717, 1.165) is 25.9 Å². The van der Waals surface area contributed by atoms with Gasteiger partial charge in [-0.05, 0) is 84.7 Å². The standard InChI is InChI=1S/C25H30IN5O2S/c1-14(2)21(28-24(33)18-9-7-15(3)8-10-18)23-29-30-25(31(23)6)34-13-20(32)27-22-16(4)11-19(26)12-17(22)5/h7-12,14,21H,13H2,1-6H3,(H,27,32)(H,28,33)/t21-/m1/s1. The molecule has 2 amide bonds. The number of rotatable bonds is 8. The average Bonchev–Trinajstić information content (AvgIpc) is 3.13. The van der Waals surface area contributed by atoms with E-state index in [-0.39, 0.29) is 29.5 Å². The Morgan fingerprint density at radius 2 is 1.68 bits per heavy atom. The number of aryl methyl sites for hydroxylation is 3. The lowest BCUT2D eigenvalue weighted by Gasteiger charge is -2.21. The van der Waals surface area contributed by atoms with E-state index in [1.807, 2.05) is 82.6 Å². The molecule has 1 atom stereocenters. The number of aromatic nitrogens is 3. The highest BCUT2D eigenvalue weighted by Crippen LogP contribution is 2.26. The summed E-state index contributed by atoms with van der Waals surface area (Å²) < 4.78 is 2.99. The van der Waals surface area contributed by atoms with Crippen LogP contribution in [0, 0.1) is 30.3 Å². The zero-order valence-electron chi connectivity index (χ0n) is 20.3. The van der Waals surface area contributed by atoms with E-state index in [4.69, 9.17) is 0 Å². The summed E-state index contributed by atoms with van der Waals surface area (Å²) in [6.45, 7) is 10.0. The third-order valence-corrected chi connectivity index (χ3v) is 7.15. The molecule has 0 spiro atoms. The van der Waals surface area contributed by atoms with E-state index in [9.17, 15) is 9.59 Å². The molecule has 1 aromatic heterocycles. The summed E-state index contributed by atoms with van der Waals surface area (Å²) in [5.41, 5.74) is 4.62. The van der Waals surface area contributed by atoms with Crippen molar-refractivity contribution in [1.29, 1.82) is 0 Å². The predicted octanol–water partition coefficient (Wildman–Crippen LogP) is 5.20. The van der Waals surface area contributed by atoms with Crippen LogP contribution in [0.5, 0.6) is 0 Å². The fraction of sp³-hybridized carbons (Fsp3) is 0.360. The summed E-state index contributed by atoms with van der Waals surface area (Å²) in [4.78, 5) is 25.4. The van der Waals surface area contributed by atoms with Crippen LogP contribution in [-0.2, 0) is 11.8 Å². The highest BCUT2D eigenvalue weighted by Gasteiger charge is 2.25. The molecule has 0 saturated carbocycles. The maximum Gasteiger partial charge on any atom is 0.251 e. The zero-order chi connectivity index (χ0) is 25.0. The second-order valence-electron chi connectivity index (χ2n) is 8.71. The molecule has 0 saturated heterocycles. The average molecular weight is 592 g/mol. The number of hydrogen-bond donors (Lipinski definition) is 2. The molecule has 3 rings (SSSR count). The lowest BCUT2D eigenvalue weighted by atomic mass is 10.0. The molecular weight excluding hydrogens is 561 g/mol. The first-order valence-electron chi connectivity index (χ1n) is 11.0. The van der Waals surface area contributed by atoms with Gasteiger partial charge in [0.15, 0.2) is 11.0 Å². The number of carbonyl (C=O) groups excluding carboxylic acids is 2. The molecule has 0 bridgehead atoms. The van der Waals surface area contributed by atoms with E-state index < -0.39 is 0 Å². The Morgan fingerprint density at radius 1 is 1.06 bits per heavy atom. The van der Waals surface area contributed by atoms with Crippen molar-refractivity contribution in [3.8, 4) is 0 Å². The van der Waals surface area contributed by atoms with Crippen molar-refractivity contribution in [3.63, 3.8) is 0 Å². The number of nitrogens with zero attached hydrogens (tertiary/aromatic N) is 3. The quantitative estimate of drug-likeness (QED) is 0.278. The van der Waals surface area contributed by atoms with Gasteiger partial charge in [-0.15, -0.1) is 10.2 Å². The van der Waals surface area contributed by atoms with Crippen LogP contribution >= 0.6 is 34.4 Å². The first kappa shape index (κ1) is 26.2. The van der Waals surface area contributed by atoms with E-state index >= 15 is 0 Å². The summed E-state index contributed by atoms with van der Waals surface area (Å²) >= 11 is 3.59. The third kappa shape index (κ3) is 6.38. The van der Waals surface area contributed by atoms with Crippen molar-refractivity contribution in [2.45, 2.75) is 45.8 Å². The molecule has 7 nitrogen and oxygen atoms in total. The molecule has 180 valence electrons. The predicted molar refractivity (Wildman–Crippen MR) is 145 cm³/mol. The Bertz CT molecular complexity index is 1170. The Labute approximate surface area is 218 Å². The number of halogens is 1. The molecule has 0 unspecified atom stereocenters. The van der Waals surface area contributed by atoms with Crippen molar-refractivity contribution in [2.24, 2.45) is 13.0 Å². The van der Waals surface area contributed by atoms with Gasteiger partial charge >= 0.3 is 0 Å². The van der Waals surface area contributed by atoms with Crippen LogP contribution in [0.1, 0.15) is 52.8 Å². The lowest BCUT2D eigenvalue weighted by Crippen LogP contribution is -2.33. The molecule has 0 fully saturated rings. The van der Waals surface area contributed by atoms with Gasteiger partial charge in [0.25, 0.3) is 5.91 Å². The normalized spacial score (nSPS) is 12.0. The molecule has 0 radical (unpaired) electrons. The molecule has 2 aromatic carbocycles. The van der Waals surface area contributed by atoms with Crippen LogP contribution in [0.25, 0.3) is 0 Å². The SMILES string of the molecule is Cc1ccc(C(=O)N[C@@H](c2nnc(SCC(=O)Nc3c(C)cc(I)cc3C)n2C)C(C)C)cc1. The highest BCUT2D eigenvalue weighted by molar-refractivity contribution is 14.1. The molecule has 0 aliphatic rings. The minimum Gasteiger partial charge on any atom is -0.342 e. The number of carbonyl (C=O) groups is 2. The largest absolute Gasteiger partial charge is 0.342 e. The Balaban J connectivity index is 1.68. The molecule has 3 aromatic rings. The molecule has 1 heterocycles. The molecule has 9 heteroatoms. The van der Waals surface area contributed by atoms with Crippen molar-refractivity contribution in [1.82, 2.24) is 20.1 Å². The van der Waals surface area contributed by atoms with Crippen LogP contribution in [0.3, 0.4) is 0 Å². The van der Waals surface area contributed by atoms with Gasteiger partial charge in [0.2, 0.25) is 5.91 Å². The van der Waals surface area contributed by atoms with Crippen LogP contribution in [0.15, 0.2) is 41.6 Å². The second-order valence-corrected chi connectivity index (χ2v) is 10.9. The zero-order valence-corrected chi connectivity index (χ0v) is 23.2. The maximum atomic E-state index is 12.8.